The van der Waals surface area contributed by atoms with Crippen LogP contribution in [0.25, 0.3) is 11.3 Å². The molecule has 0 spiro atoms. The number of aromatic nitrogens is 3. The summed E-state index contributed by atoms with van der Waals surface area (Å²) in [5.74, 6) is -0.890. The monoisotopic (exact) mass is 685 g/mol. The van der Waals surface area contributed by atoms with Crippen LogP contribution >= 0.6 is 22.9 Å². The highest BCUT2D eigenvalue weighted by atomic mass is 35.5. The van der Waals surface area contributed by atoms with Crippen molar-refractivity contribution in [1.29, 1.82) is 0 Å². The lowest BCUT2D eigenvalue weighted by molar-refractivity contribution is -0.143. The van der Waals surface area contributed by atoms with Gasteiger partial charge in [0.15, 0.2) is 16.8 Å². The Morgan fingerprint density at radius 1 is 1.15 bits per heavy atom. The average Bonchev–Trinajstić information content (AvgIpc) is 3.45. The molecule has 0 bridgehead atoms. The SMILES string of the molecule is CCOC(=O)CCN1CCN(c2ncnc(Nc3nc(-c4ccc(Cl)c(C(F)(F)F)c4)c(N4CCC(OC)CC4)s3)c2F)C[C@H]1C. The summed E-state index contributed by atoms with van der Waals surface area (Å²) in [7, 11) is 1.66. The molecular weight excluding hydrogens is 650 g/mol. The van der Waals surface area contributed by atoms with E-state index in [-0.39, 0.29) is 46.9 Å². The van der Waals surface area contributed by atoms with Gasteiger partial charge in [-0.05, 0) is 38.8 Å². The van der Waals surface area contributed by atoms with Gasteiger partial charge in [-0.15, -0.1) is 0 Å². The molecule has 16 heteroatoms. The van der Waals surface area contributed by atoms with E-state index in [1.54, 1.807) is 14.0 Å². The Bertz CT molecular complexity index is 1520. The second-order valence-electron chi connectivity index (χ2n) is 11.2. The highest BCUT2D eigenvalue weighted by Crippen LogP contribution is 2.44. The van der Waals surface area contributed by atoms with E-state index >= 15 is 4.39 Å². The molecule has 1 aromatic carbocycles. The first kappa shape index (κ1) is 34.1. The molecule has 0 saturated carbocycles. The zero-order valence-corrected chi connectivity index (χ0v) is 27.3. The van der Waals surface area contributed by atoms with Gasteiger partial charge >= 0.3 is 12.1 Å². The molecule has 46 heavy (non-hydrogen) atoms. The normalized spacial score (nSPS) is 18.2. The van der Waals surface area contributed by atoms with Gasteiger partial charge in [-0.2, -0.15) is 17.6 Å². The summed E-state index contributed by atoms with van der Waals surface area (Å²) in [5.41, 5.74) is -0.392. The van der Waals surface area contributed by atoms with Crippen LogP contribution in [0, 0.1) is 5.82 Å². The molecule has 1 N–H and O–H groups in total. The molecule has 2 aliphatic rings. The van der Waals surface area contributed by atoms with E-state index in [9.17, 15) is 18.0 Å². The lowest BCUT2D eigenvalue weighted by atomic mass is 10.1. The van der Waals surface area contributed by atoms with Gasteiger partial charge in [-0.25, -0.2) is 15.0 Å². The number of alkyl halides is 3. The smallest absolute Gasteiger partial charge is 0.417 e. The van der Waals surface area contributed by atoms with Gasteiger partial charge in [0.1, 0.15) is 17.0 Å². The first-order valence-corrected chi connectivity index (χ1v) is 16.3. The minimum absolute atomic E-state index is 0.0289. The summed E-state index contributed by atoms with van der Waals surface area (Å²) in [6, 6.07) is 3.73. The van der Waals surface area contributed by atoms with Gasteiger partial charge in [0.05, 0.1) is 29.7 Å². The fraction of sp³-hybridized carbons (Fsp3) is 0.533. The Hall–Kier alpha value is -3.27. The summed E-state index contributed by atoms with van der Waals surface area (Å²) < 4.78 is 67.6. The fourth-order valence-corrected chi connectivity index (χ4v) is 6.97. The summed E-state index contributed by atoms with van der Waals surface area (Å²) in [5, 5.41) is 3.46. The quantitative estimate of drug-likeness (QED) is 0.195. The molecule has 250 valence electrons. The number of halogens is 5. The lowest BCUT2D eigenvalue weighted by Gasteiger charge is -2.40. The molecule has 4 heterocycles. The van der Waals surface area contributed by atoms with Crippen LogP contribution in [0.15, 0.2) is 24.5 Å². The fourth-order valence-electron chi connectivity index (χ4n) is 5.71. The van der Waals surface area contributed by atoms with Crippen molar-refractivity contribution in [3.05, 3.63) is 40.9 Å². The molecule has 0 unspecified atom stereocenters. The topological polar surface area (TPSA) is 96.0 Å². The number of carbonyl (C=O) groups excluding carboxylic acids is 1. The van der Waals surface area contributed by atoms with Gasteiger partial charge in [-0.1, -0.05) is 29.0 Å². The number of thiazole rings is 1. The van der Waals surface area contributed by atoms with Crippen LogP contribution in [-0.2, 0) is 20.4 Å². The van der Waals surface area contributed by atoms with E-state index in [4.69, 9.17) is 21.1 Å². The summed E-state index contributed by atoms with van der Waals surface area (Å²) >= 11 is 7.11. The summed E-state index contributed by atoms with van der Waals surface area (Å²) in [4.78, 5) is 30.8. The van der Waals surface area contributed by atoms with E-state index in [0.717, 1.165) is 18.9 Å². The van der Waals surface area contributed by atoms with Crippen LogP contribution in [0.4, 0.5) is 39.3 Å². The van der Waals surface area contributed by atoms with E-state index in [0.29, 0.717) is 56.6 Å². The largest absolute Gasteiger partial charge is 0.466 e. The third-order valence-corrected chi connectivity index (χ3v) is 9.55. The highest BCUT2D eigenvalue weighted by molar-refractivity contribution is 7.20. The Kier molecular flexibility index (Phi) is 10.9. The molecule has 1 atom stereocenters. The molecule has 2 aliphatic heterocycles. The van der Waals surface area contributed by atoms with Crippen LogP contribution in [0.2, 0.25) is 5.02 Å². The molecular formula is C30H36ClF4N7O3S. The average molecular weight is 686 g/mol. The Morgan fingerprint density at radius 2 is 1.91 bits per heavy atom. The lowest BCUT2D eigenvalue weighted by Crippen LogP contribution is -2.52. The Balaban J connectivity index is 1.38. The predicted molar refractivity (Wildman–Crippen MR) is 170 cm³/mol. The summed E-state index contributed by atoms with van der Waals surface area (Å²) in [6.45, 7) is 7.46. The minimum Gasteiger partial charge on any atom is -0.466 e. The number of ether oxygens (including phenoxy) is 2. The molecule has 0 radical (unpaired) electrons. The van der Waals surface area contributed by atoms with Gasteiger partial charge in [0.25, 0.3) is 0 Å². The number of methoxy groups -OCH3 is 1. The number of nitrogens with zero attached hydrogens (tertiary/aromatic N) is 6. The van der Waals surface area contributed by atoms with Crippen molar-refractivity contribution in [2.75, 3.05) is 68.1 Å². The van der Waals surface area contributed by atoms with Crippen molar-refractivity contribution in [1.82, 2.24) is 19.9 Å². The van der Waals surface area contributed by atoms with Gasteiger partial charge < -0.3 is 24.6 Å². The molecule has 2 fully saturated rings. The number of benzene rings is 1. The minimum atomic E-state index is -4.65. The second-order valence-corrected chi connectivity index (χ2v) is 12.5. The van der Waals surface area contributed by atoms with Crippen LogP contribution in [0.3, 0.4) is 0 Å². The maximum absolute atomic E-state index is 15.9. The summed E-state index contributed by atoms with van der Waals surface area (Å²) in [6.07, 6.45) is -1.53. The molecule has 2 aromatic heterocycles. The molecule has 2 saturated heterocycles. The number of nitrogens with one attached hydrogen (secondary N) is 1. The van der Waals surface area contributed by atoms with Crippen molar-refractivity contribution < 1.29 is 31.8 Å². The highest BCUT2D eigenvalue weighted by Gasteiger charge is 2.34. The zero-order chi connectivity index (χ0) is 33.0. The number of esters is 1. The van der Waals surface area contributed by atoms with Crippen molar-refractivity contribution in [2.45, 2.75) is 51.4 Å². The number of rotatable bonds is 10. The predicted octanol–water partition coefficient (Wildman–Crippen LogP) is 6.23. The Labute approximate surface area is 273 Å². The third-order valence-electron chi connectivity index (χ3n) is 8.19. The van der Waals surface area contributed by atoms with Crippen LogP contribution < -0.4 is 15.1 Å². The van der Waals surface area contributed by atoms with Crippen molar-refractivity contribution in [2.24, 2.45) is 0 Å². The third kappa shape index (κ3) is 7.81. The number of piperidine rings is 1. The molecule has 0 amide bonds. The van der Waals surface area contributed by atoms with Crippen LogP contribution in [0.1, 0.15) is 38.7 Å². The van der Waals surface area contributed by atoms with Crippen molar-refractivity contribution in [3.63, 3.8) is 0 Å². The van der Waals surface area contributed by atoms with Gasteiger partial charge in [0, 0.05) is 58.0 Å². The van der Waals surface area contributed by atoms with E-state index in [1.807, 2.05) is 11.8 Å². The standard InChI is InChI=1S/C30H36ClF4N7O3S/c1-4-45-23(43)9-12-40-13-14-42(16-18(40)2)27-24(32)26(36-17-37-27)39-29-38-25(19-5-6-22(31)21(15-19)30(33,34)35)28(46-29)41-10-7-20(44-3)8-11-41/h5-6,15,17-18,20H,4,7-14,16H2,1-3H3,(H,36,37,38,39)/t18-/m1/s1. The van der Waals surface area contributed by atoms with Crippen molar-refractivity contribution in [3.8, 4) is 11.3 Å². The number of hydrogen-bond acceptors (Lipinski definition) is 11. The number of piperazine rings is 1. The zero-order valence-electron chi connectivity index (χ0n) is 25.7. The van der Waals surface area contributed by atoms with E-state index < -0.39 is 22.6 Å². The Morgan fingerprint density at radius 3 is 2.59 bits per heavy atom. The van der Waals surface area contributed by atoms with Gasteiger partial charge in [-0.3, -0.25) is 9.69 Å². The first-order valence-electron chi connectivity index (χ1n) is 15.1. The van der Waals surface area contributed by atoms with E-state index in [1.165, 1.54) is 29.8 Å². The molecule has 10 nitrogen and oxygen atoms in total. The van der Waals surface area contributed by atoms with E-state index in [2.05, 4.69) is 30.1 Å². The molecule has 5 rings (SSSR count). The van der Waals surface area contributed by atoms with Gasteiger partial charge in [0.2, 0.25) is 5.82 Å². The number of carbonyl (C=O) groups is 1. The molecule has 3 aromatic rings. The maximum Gasteiger partial charge on any atom is 0.417 e. The second kappa shape index (κ2) is 14.7. The van der Waals surface area contributed by atoms with Crippen LogP contribution in [-0.4, -0.2) is 91.0 Å². The maximum atomic E-state index is 15.9. The van der Waals surface area contributed by atoms with Crippen molar-refractivity contribution >= 4 is 50.7 Å². The number of anilines is 4. The number of hydrogen-bond donors (Lipinski definition) is 1. The molecule has 0 aliphatic carbocycles. The van der Waals surface area contributed by atoms with Crippen LogP contribution in [0.5, 0.6) is 0 Å². The first-order chi connectivity index (χ1) is 22.0.